The van der Waals surface area contributed by atoms with Crippen LogP contribution in [0.5, 0.6) is 0 Å². The topological polar surface area (TPSA) is 37.8 Å². The lowest BCUT2D eigenvalue weighted by molar-refractivity contribution is 0.627. The first-order valence-electron chi connectivity index (χ1n) is 5.54. The molecule has 0 aliphatic rings. The molecular formula is C11H21N3S2. The van der Waals surface area contributed by atoms with Crippen molar-refractivity contribution in [2.45, 2.75) is 38.9 Å². The zero-order valence-corrected chi connectivity index (χ0v) is 12.3. The molecule has 0 fully saturated rings. The summed E-state index contributed by atoms with van der Waals surface area (Å²) in [6.45, 7) is 9.74. The molecule has 1 aromatic rings. The first kappa shape index (κ1) is 13.8. The van der Waals surface area contributed by atoms with Gasteiger partial charge in [-0.15, -0.1) is 0 Å². The van der Waals surface area contributed by atoms with E-state index in [9.17, 15) is 0 Å². The highest BCUT2D eigenvalue weighted by Crippen LogP contribution is 2.22. The van der Waals surface area contributed by atoms with Gasteiger partial charge in [0.25, 0.3) is 0 Å². The molecule has 0 saturated heterocycles. The molecule has 0 spiro atoms. The summed E-state index contributed by atoms with van der Waals surface area (Å²) in [5.41, 5.74) is 0. The van der Waals surface area contributed by atoms with E-state index in [1.807, 2.05) is 11.8 Å². The maximum atomic E-state index is 4.47. The normalized spacial score (nSPS) is 12.1. The summed E-state index contributed by atoms with van der Waals surface area (Å²) in [6.07, 6.45) is 3.09. The number of anilines is 1. The Kier molecular flexibility index (Phi) is 5.05. The molecule has 1 rings (SSSR count). The number of thioether (sulfide) groups is 1. The molecular weight excluding hydrogens is 238 g/mol. The highest BCUT2D eigenvalue weighted by molar-refractivity contribution is 7.99. The Balaban J connectivity index is 2.46. The summed E-state index contributed by atoms with van der Waals surface area (Å²) in [5, 5.41) is 4.30. The summed E-state index contributed by atoms with van der Waals surface area (Å²) < 4.78 is 4.58. The minimum atomic E-state index is 0.240. The van der Waals surface area contributed by atoms with E-state index < -0.39 is 0 Å². The van der Waals surface area contributed by atoms with Gasteiger partial charge in [-0.2, -0.15) is 16.1 Å². The summed E-state index contributed by atoms with van der Waals surface area (Å²) >= 11 is 3.32. The van der Waals surface area contributed by atoms with Crippen molar-refractivity contribution >= 4 is 28.4 Å². The van der Waals surface area contributed by atoms with Gasteiger partial charge in [-0.3, -0.25) is 0 Å². The summed E-state index contributed by atoms with van der Waals surface area (Å²) in [4.78, 5) is 4.47. The van der Waals surface area contributed by atoms with Crippen molar-refractivity contribution < 1.29 is 0 Å². The van der Waals surface area contributed by atoms with Crippen LogP contribution in [0.25, 0.3) is 0 Å². The van der Waals surface area contributed by atoms with E-state index in [-0.39, 0.29) is 4.75 Å². The van der Waals surface area contributed by atoms with E-state index in [2.05, 4.69) is 48.6 Å². The number of hydrogen-bond donors (Lipinski definition) is 1. The molecule has 0 saturated carbocycles. The Morgan fingerprint density at radius 2 is 2.12 bits per heavy atom. The van der Waals surface area contributed by atoms with Crippen LogP contribution in [-0.2, 0) is 6.42 Å². The van der Waals surface area contributed by atoms with Crippen molar-refractivity contribution in [3.8, 4) is 0 Å². The van der Waals surface area contributed by atoms with Gasteiger partial charge in [-0.1, -0.05) is 13.8 Å². The molecule has 0 bridgehead atoms. The Morgan fingerprint density at radius 3 is 2.69 bits per heavy atom. The van der Waals surface area contributed by atoms with Crippen LogP contribution in [-0.4, -0.2) is 26.9 Å². The van der Waals surface area contributed by atoms with Crippen LogP contribution < -0.4 is 5.32 Å². The predicted octanol–water partition coefficient (Wildman–Crippen LogP) is 3.29. The van der Waals surface area contributed by atoms with Crippen molar-refractivity contribution in [1.29, 1.82) is 0 Å². The molecule has 3 nitrogen and oxygen atoms in total. The molecule has 0 radical (unpaired) electrons. The summed E-state index contributed by atoms with van der Waals surface area (Å²) in [7, 11) is 0. The van der Waals surface area contributed by atoms with Crippen LogP contribution in [0.2, 0.25) is 0 Å². The fourth-order valence-corrected chi connectivity index (χ4v) is 1.94. The number of rotatable bonds is 6. The number of nitrogens with zero attached hydrogens (tertiary/aromatic N) is 2. The molecule has 0 aromatic carbocycles. The average Bonchev–Trinajstić information content (AvgIpc) is 2.62. The molecule has 0 aliphatic heterocycles. The molecule has 1 N–H and O–H groups in total. The van der Waals surface area contributed by atoms with Crippen molar-refractivity contribution in [2.24, 2.45) is 5.92 Å². The SMILES string of the molecule is CSC(C)(C)CNc1nc(CC(C)C)ns1. The van der Waals surface area contributed by atoms with Crippen molar-refractivity contribution in [3.63, 3.8) is 0 Å². The smallest absolute Gasteiger partial charge is 0.202 e. The number of aromatic nitrogens is 2. The molecule has 0 atom stereocenters. The lowest BCUT2D eigenvalue weighted by Crippen LogP contribution is -2.25. The van der Waals surface area contributed by atoms with E-state index in [0.717, 1.165) is 23.9 Å². The fourth-order valence-electron chi connectivity index (χ4n) is 1.13. The van der Waals surface area contributed by atoms with Gasteiger partial charge < -0.3 is 5.32 Å². The van der Waals surface area contributed by atoms with Crippen LogP contribution in [0, 0.1) is 5.92 Å². The second-order valence-electron chi connectivity index (χ2n) is 4.93. The number of nitrogens with one attached hydrogen (secondary N) is 1. The fraction of sp³-hybridized carbons (Fsp3) is 0.818. The van der Waals surface area contributed by atoms with E-state index in [0.29, 0.717) is 5.92 Å². The zero-order chi connectivity index (χ0) is 12.2. The van der Waals surface area contributed by atoms with Gasteiger partial charge in [0.05, 0.1) is 0 Å². The third-order valence-electron chi connectivity index (χ3n) is 2.28. The quantitative estimate of drug-likeness (QED) is 0.850. The van der Waals surface area contributed by atoms with E-state index in [1.54, 1.807) is 0 Å². The first-order chi connectivity index (χ1) is 7.43. The predicted molar refractivity (Wildman–Crippen MR) is 74.5 cm³/mol. The molecule has 16 heavy (non-hydrogen) atoms. The van der Waals surface area contributed by atoms with Crippen molar-refractivity contribution in [2.75, 3.05) is 18.1 Å². The molecule has 92 valence electrons. The second-order valence-corrected chi connectivity index (χ2v) is 7.20. The van der Waals surface area contributed by atoms with Crippen LogP contribution in [0.1, 0.15) is 33.5 Å². The Bertz CT molecular complexity index is 321. The largest absolute Gasteiger partial charge is 0.359 e. The maximum Gasteiger partial charge on any atom is 0.202 e. The molecule has 0 unspecified atom stereocenters. The van der Waals surface area contributed by atoms with Crippen molar-refractivity contribution in [1.82, 2.24) is 9.36 Å². The third kappa shape index (κ3) is 4.70. The second kappa shape index (κ2) is 5.87. The van der Waals surface area contributed by atoms with E-state index in [4.69, 9.17) is 0 Å². The third-order valence-corrected chi connectivity index (χ3v) is 4.24. The molecule has 0 aliphatic carbocycles. The standard InChI is InChI=1S/C11H21N3S2/c1-8(2)6-9-13-10(16-14-9)12-7-11(3,4)15-5/h8H,6-7H2,1-5H3,(H,12,13,14). The Hall–Kier alpha value is -0.290. The first-order valence-corrected chi connectivity index (χ1v) is 7.54. The van der Waals surface area contributed by atoms with Gasteiger partial charge in [0.2, 0.25) is 5.13 Å². The monoisotopic (exact) mass is 259 g/mol. The highest BCUT2D eigenvalue weighted by atomic mass is 32.2. The summed E-state index contributed by atoms with van der Waals surface area (Å²) in [6, 6.07) is 0. The average molecular weight is 259 g/mol. The minimum absolute atomic E-state index is 0.240. The highest BCUT2D eigenvalue weighted by Gasteiger charge is 2.16. The van der Waals surface area contributed by atoms with E-state index in [1.165, 1.54) is 11.5 Å². The Morgan fingerprint density at radius 1 is 1.44 bits per heavy atom. The van der Waals surface area contributed by atoms with Gasteiger partial charge in [-0.05, 0) is 26.0 Å². The zero-order valence-electron chi connectivity index (χ0n) is 10.7. The minimum Gasteiger partial charge on any atom is -0.359 e. The molecule has 5 heteroatoms. The van der Waals surface area contributed by atoms with Crippen LogP contribution in [0.3, 0.4) is 0 Å². The van der Waals surface area contributed by atoms with E-state index >= 15 is 0 Å². The van der Waals surface area contributed by atoms with Crippen LogP contribution in [0.4, 0.5) is 5.13 Å². The van der Waals surface area contributed by atoms with Crippen molar-refractivity contribution in [3.05, 3.63) is 5.82 Å². The Labute approximate surface area is 107 Å². The molecule has 1 aromatic heterocycles. The van der Waals surface area contributed by atoms with Gasteiger partial charge in [0.15, 0.2) is 0 Å². The van der Waals surface area contributed by atoms with Gasteiger partial charge >= 0.3 is 0 Å². The molecule has 1 heterocycles. The maximum absolute atomic E-state index is 4.47. The van der Waals surface area contributed by atoms with Gasteiger partial charge in [0, 0.05) is 29.2 Å². The van der Waals surface area contributed by atoms with Crippen LogP contribution in [0.15, 0.2) is 0 Å². The lowest BCUT2D eigenvalue weighted by Gasteiger charge is -2.21. The lowest BCUT2D eigenvalue weighted by atomic mass is 10.1. The number of hydrogen-bond acceptors (Lipinski definition) is 5. The molecule has 0 amide bonds. The van der Waals surface area contributed by atoms with Gasteiger partial charge in [0.1, 0.15) is 5.82 Å². The van der Waals surface area contributed by atoms with Crippen LogP contribution >= 0.6 is 23.3 Å². The summed E-state index contributed by atoms with van der Waals surface area (Å²) in [5.74, 6) is 1.58. The van der Waals surface area contributed by atoms with Gasteiger partial charge in [-0.25, -0.2) is 4.98 Å².